The third-order valence-corrected chi connectivity index (χ3v) is 4.00. The van der Waals surface area contributed by atoms with Crippen LogP contribution in [0.4, 0.5) is 0 Å². The molecule has 0 saturated carbocycles. The smallest absolute Gasteiger partial charge is 0.125 e. The zero-order chi connectivity index (χ0) is 8.97. The van der Waals surface area contributed by atoms with E-state index in [9.17, 15) is 0 Å². The molecule has 0 aromatic carbocycles. The molecule has 1 rings (SSSR count). The van der Waals surface area contributed by atoms with Gasteiger partial charge in [-0.1, -0.05) is 31.9 Å². The molecule has 0 radical (unpaired) electrons. The quantitative estimate of drug-likeness (QED) is 0.746. The maximum Gasteiger partial charge on any atom is 0.125 e. The van der Waals surface area contributed by atoms with Crippen molar-refractivity contribution in [1.29, 1.82) is 0 Å². The molecule has 12 heavy (non-hydrogen) atoms. The zero-order valence-electron chi connectivity index (χ0n) is 7.13. The van der Waals surface area contributed by atoms with Crippen LogP contribution in [0.15, 0.2) is 0 Å². The van der Waals surface area contributed by atoms with Crippen molar-refractivity contribution in [3.8, 4) is 0 Å². The molecule has 1 aliphatic rings. The van der Waals surface area contributed by atoms with E-state index in [-0.39, 0.29) is 11.1 Å². The summed E-state index contributed by atoms with van der Waals surface area (Å²) in [6.07, 6.45) is 2.49. The van der Waals surface area contributed by atoms with Gasteiger partial charge in [0.25, 0.3) is 0 Å². The van der Waals surface area contributed by atoms with Crippen LogP contribution in [0, 0.1) is 0 Å². The van der Waals surface area contributed by atoms with Crippen LogP contribution in [0.3, 0.4) is 0 Å². The van der Waals surface area contributed by atoms with Gasteiger partial charge < -0.3 is 9.47 Å². The average Bonchev–Trinajstić information content (AvgIpc) is 2.06. The summed E-state index contributed by atoms with van der Waals surface area (Å²) in [6, 6.07) is 0. The van der Waals surface area contributed by atoms with Gasteiger partial charge in [0.05, 0.1) is 12.7 Å². The monoisotopic (exact) mass is 300 g/mol. The van der Waals surface area contributed by atoms with Crippen LogP contribution in [0.5, 0.6) is 0 Å². The van der Waals surface area contributed by atoms with Crippen molar-refractivity contribution in [3.63, 3.8) is 0 Å². The van der Waals surface area contributed by atoms with Gasteiger partial charge in [-0.05, 0) is 19.8 Å². The number of hydrogen-bond acceptors (Lipinski definition) is 2. The van der Waals surface area contributed by atoms with E-state index in [0.717, 1.165) is 26.1 Å². The highest BCUT2D eigenvalue weighted by atomic mass is 79.9. The molecule has 72 valence electrons. The van der Waals surface area contributed by atoms with Crippen LogP contribution in [0.2, 0.25) is 0 Å². The highest BCUT2D eigenvalue weighted by Gasteiger charge is 2.20. The normalized spacial score (nSPS) is 29.8. The van der Waals surface area contributed by atoms with E-state index >= 15 is 0 Å². The van der Waals surface area contributed by atoms with Gasteiger partial charge in [-0.15, -0.1) is 0 Å². The predicted molar refractivity (Wildman–Crippen MR) is 56.0 cm³/mol. The number of hydrogen-bond donors (Lipinski definition) is 0. The van der Waals surface area contributed by atoms with Crippen LogP contribution < -0.4 is 0 Å². The summed E-state index contributed by atoms with van der Waals surface area (Å²) in [4.78, 5) is 0.333. The molecule has 0 aliphatic carbocycles. The van der Waals surface area contributed by atoms with Crippen molar-refractivity contribution in [1.82, 2.24) is 0 Å². The fourth-order valence-electron chi connectivity index (χ4n) is 1.11. The molecule has 0 aromatic rings. The molecule has 1 fully saturated rings. The standard InChI is InChI=1S/C8H14Br2O2/c1-6(9)8(10)12-7-3-2-4-11-5-7/h6-8H,2-5H2,1H3. The van der Waals surface area contributed by atoms with Crippen LogP contribution in [0.1, 0.15) is 19.8 Å². The second-order valence-corrected chi connectivity index (χ2v) is 5.35. The highest BCUT2D eigenvalue weighted by molar-refractivity contribution is 9.12. The van der Waals surface area contributed by atoms with Crippen molar-refractivity contribution in [3.05, 3.63) is 0 Å². The Labute approximate surface area is 90.3 Å². The minimum absolute atomic E-state index is 0.0872. The Morgan fingerprint density at radius 3 is 2.75 bits per heavy atom. The van der Waals surface area contributed by atoms with E-state index in [1.165, 1.54) is 0 Å². The van der Waals surface area contributed by atoms with E-state index in [1.54, 1.807) is 0 Å². The SMILES string of the molecule is CC(Br)C(Br)OC1CCCOC1. The first-order chi connectivity index (χ1) is 5.70. The Balaban J connectivity index is 2.20. The van der Waals surface area contributed by atoms with E-state index < -0.39 is 0 Å². The maximum absolute atomic E-state index is 5.70. The van der Waals surface area contributed by atoms with Crippen LogP contribution in [0.25, 0.3) is 0 Å². The number of halogens is 2. The van der Waals surface area contributed by atoms with Crippen molar-refractivity contribution in [2.75, 3.05) is 13.2 Å². The van der Waals surface area contributed by atoms with Crippen molar-refractivity contribution in [2.24, 2.45) is 0 Å². The fourth-order valence-corrected chi connectivity index (χ4v) is 1.54. The lowest BCUT2D eigenvalue weighted by molar-refractivity contribution is -0.0560. The minimum Gasteiger partial charge on any atom is -0.379 e. The summed E-state index contributed by atoms with van der Waals surface area (Å²) in [5.41, 5.74) is 0. The lowest BCUT2D eigenvalue weighted by Gasteiger charge is -2.26. The van der Waals surface area contributed by atoms with Gasteiger partial charge in [0.15, 0.2) is 0 Å². The van der Waals surface area contributed by atoms with Gasteiger partial charge in [-0.25, -0.2) is 0 Å². The fraction of sp³-hybridized carbons (Fsp3) is 1.00. The predicted octanol–water partition coefficient (Wildman–Crippen LogP) is 2.69. The molecule has 3 unspecified atom stereocenters. The Morgan fingerprint density at radius 1 is 1.50 bits per heavy atom. The van der Waals surface area contributed by atoms with Crippen molar-refractivity contribution < 1.29 is 9.47 Å². The number of ether oxygens (including phenoxy) is 2. The maximum atomic E-state index is 5.70. The molecule has 3 atom stereocenters. The summed E-state index contributed by atoms with van der Waals surface area (Å²) in [5.74, 6) is 0. The molecule has 0 aromatic heterocycles. The van der Waals surface area contributed by atoms with Gasteiger partial charge in [-0.2, -0.15) is 0 Å². The van der Waals surface area contributed by atoms with Gasteiger partial charge >= 0.3 is 0 Å². The topological polar surface area (TPSA) is 18.5 Å². The van der Waals surface area contributed by atoms with Crippen LogP contribution >= 0.6 is 31.9 Å². The molecule has 1 aliphatic heterocycles. The van der Waals surface area contributed by atoms with Crippen molar-refractivity contribution >= 4 is 31.9 Å². The third-order valence-electron chi connectivity index (χ3n) is 1.80. The molecule has 1 saturated heterocycles. The first-order valence-corrected chi connectivity index (χ1v) is 6.04. The molecule has 4 heteroatoms. The first kappa shape index (κ1) is 11.0. The molecule has 0 bridgehead atoms. The molecule has 1 heterocycles. The molecule has 0 spiro atoms. The van der Waals surface area contributed by atoms with Crippen LogP contribution in [-0.2, 0) is 9.47 Å². The molecular formula is C8H14Br2O2. The second kappa shape index (κ2) is 5.58. The summed E-state index contributed by atoms with van der Waals surface area (Å²) < 4.78 is 11.0. The average molecular weight is 302 g/mol. The lowest BCUT2D eigenvalue weighted by atomic mass is 10.2. The van der Waals surface area contributed by atoms with Gasteiger partial charge in [0.2, 0.25) is 0 Å². The summed E-state index contributed by atoms with van der Waals surface area (Å²) in [6.45, 7) is 3.68. The molecule has 0 amide bonds. The third kappa shape index (κ3) is 3.73. The van der Waals surface area contributed by atoms with Crippen LogP contribution in [-0.4, -0.2) is 29.2 Å². The van der Waals surface area contributed by atoms with Gasteiger partial charge in [0, 0.05) is 11.4 Å². The van der Waals surface area contributed by atoms with Gasteiger partial charge in [0.1, 0.15) is 5.01 Å². The largest absolute Gasteiger partial charge is 0.379 e. The van der Waals surface area contributed by atoms with Gasteiger partial charge in [-0.3, -0.25) is 0 Å². The Bertz CT molecular complexity index is 124. The van der Waals surface area contributed by atoms with Crippen molar-refractivity contribution in [2.45, 2.75) is 35.7 Å². The second-order valence-electron chi connectivity index (χ2n) is 3.00. The Hall–Kier alpha value is 0.880. The lowest BCUT2D eigenvalue weighted by Crippen LogP contribution is -2.30. The van der Waals surface area contributed by atoms with E-state index in [0.29, 0.717) is 4.83 Å². The number of rotatable bonds is 3. The summed E-state index contributed by atoms with van der Waals surface area (Å²) in [5, 5.41) is 0.0872. The Kier molecular flexibility index (Phi) is 5.09. The van der Waals surface area contributed by atoms with E-state index in [4.69, 9.17) is 9.47 Å². The van der Waals surface area contributed by atoms with E-state index in [1.807, 2.05) is 0 Å². The zero-order valence-corrected chi connectivity index (χ0v) is 10.3. The molecule has 0 N–H and O–H groups in total. The molecule has 2 nitrogen and oxygen atoms in total. The summed E-state index contributed by atoms with van der Waals surface area (Å²) in [7, 11) is 0. The Morgan fingerprint density at radius 2 is 2.25 bits per heavy atom. The highest BCUT2D eigenvalue weighted by Crippen LogP contribution is 2.20. The number of alkyl halides is 2. The molecular weight excluding hydrogens is 288 g/mol. The summed E-state index contributed by atoms with van der Waals surface area (Å²) >= 11 is 6.91. The first-order valence-electron chi connectivity index (χ1n) is 4.21. The minimum atomic E-state index is 0.0872. The van der Waals surface area contributed by atoms with E-state index in [2.05, 4.69) is 38.8 Å².